The summed E-state index contributed by atoms with van der Waals surface area (Å²) >= 11 is 0. The number of rotatable bonds is 8. The van der Waals surface area contributed by atoms with E-state index in [9.17, 15) is 13.2 Å². The van der Waals surface area contributed by atoms with Crippen LogP contribution in [-0.2, 0) is 27.7 Å². The highest BCUT2D eigenvalue weighted by Crippen LogP contribution is 2.22. The van der Waals surface area contributed by atoms with Crippen LogP contribution in [0.1, 0.15) is 50.3 Å². The fourth-order valence-corrected chi connectivity index (χ4v) is 3.84. The number of hydrogen-bond acceptors (Lipinski definition) is 3. The largest absolute Gasteiger partial charge is 0.324 e. The number of amides is 1. The van der Waals surface area contributed by atoms with Crippen molar-refractivity contribution in [1.82, 2.24) is 4.72 Å². The van der Waals surface area contributed by atoms with Crippen molar-refractivity contribution in [3.05, 3.63) is 59.2 Å². The van der Waals surface area contributed by atoms with E-state index in [4.69, 9.17) is 0 Å². The number of para-hydroxylation sites is 1. The van der Waals surface area contributed by atoms with E-state index in [1.54, 1.807) is 24.3 Å². The molecule has 0 atom stereocenters. The molecule has 0 aliphatic rings. The minimum absolute atomic E-state index is 0.155. The molecule has 0 bridgehead atoms. The highest BCUT2D eigenvalue weighted by molar-refractivity contribution is 7.89. The normalized spacial score (nSPS) is 11.6. The van der Waals surface area contributed by atoms with Crippen molar-refractivity contribution < 1.29 is 13.2 Å². The maximum absolute atomic E-state index is 12.4. The van der Waals surface area contributed by atoms with Crippen LogP contribution in [0.15, 0.2) is 47.4 Å². The summed E-state index contributed by atoms with van der Waals surface area (Å²) in [5.41, 5.74) is 3.92. The van der Waals surface area contributed by atoms with Crippen LogP contribution in [0, 0.1) is 0 Å². The van der Waals surface area contributed by atoms with Gasteiger partial charge in [-0.05, 0) is 47.6 Å². The standard InChI is InChI=1S/C21H28N2O3S/c1-5-16-8-7-9-17(6-2)21(16)23-20(24)14-22-27(25,26)19-12-10-18(11-13-19)15(3)4/h7-13,15,22H,5-6,14H2,1-4H3,(H,23,24). The van der Waals surface area contributed by atoms with Gasteiger partial charge in [-0.15, -0.1) is 0 Å². The molecule has 6 heteroatoms. The minimum atomic E-state index is -3.73. The van der Waals surface area contributed by atoms with Gasteiger partial charge in [0.25, 0.3) is 0 Å². The molecular formula is C21H28N2O3S. The molecule has 2 N–H and O–H groups in total. The van der Waals surface area contributed by atoms with Gasteiger partial charge in [-0.3, -0.25) is 4.79 Å². The summed E-state index contributed by atoms with van der Waals surface area (Å²) in [5, 5.41) is 2.86. The Kier molecular flexibility index (Phi) is 7.16. The van der Waals surface area contributed by atoms with Gasteiger partial charge in [0.2, 0.25) is 15.9 Å². The Bertz CT molecular complexity index is 866. The summed E-state index contributed by atoms with van der Waals surface area (Å²) in [7, 11) is -3.73. The maximum Gasteiger partial charge on any atom is 0.241 e. The van der Waals surface area contributed by atoms with Crippen LogP contribution in [0.3, 0.4) is 0 Å². The molecule has 0 heterocycles. The van der Waals surface area contributed by atoms with Gasteiger partial charge in [-0.25, -0.2) is 13.1 Å². The number of aryl methyl sites for hydroxylation is 2. The first-order valence-electron chi connectivity index (χ1n) is 9.28. The highest BCUT2D eigenvalue weighted by atomic mass is 32.2. The molecule has 146 valence electrons. The van der Waals surface area contributed by atoms with E-state index >= 15 is 0 Å². The van der Waals surface area contributed by atoms with Crippen molar-refractivity contribution in [2.45, 2.75) is 51.3 Å². The number of nitrogens with one attached hydrogen (secondary N) is 2. The molecule has 0 saturated heterocycles. The van der Waals surface area contributed by atoms with Crippen LogP contribution < -0.4 is 10.0 Å². The van der Waals surface area contributed by atoms with Crippen molar-refractivity contribution in [1.29, 1.82) is 0 Å². The Labute approximate surface area is 162 Å². The summed E-state index contributed by atoms with van der Waals surface area (Å²) in [4.78, 5) is 12.5. The van der Waals surface area contributed by atoms with Crippen molar-refractivity contribution in [3.8, 4) is 0 Å². The van der Waals surface area contributed by atoms with Crippen molar-refractivity contribution in [2.24, 2.45) is 0 Å². The van der Waals surface area contributed by atoms with E-state index in [2.05, 4.69) is 10.0 Å². The molecule has 0 aliphatic heterocycles. The number of carbonyl (C=O) groups is 1. The summed E-state index contributed by atoms with van der Waals surface area (Å²) < 4.78 is 27.2. The molecule has 0 spiro atoms. The third kappa shape index (κ3) is 5.40. The van der Waals surface area contributed by atoms with Crippen LogP contribution >= 0.6 is 0 Å². The molecular weight excluding hydrogens is 360 g/mol. The van der Waals surface area contributed by atoms with Crippen LogP contribution in [0.25, 0.3) is 0 Å². The average Bonchev–Trinajstić information content (AvgIpc) is 2.66. The Morgan fingerprint density at radius 3 is 2.00 bits per heavy atom. The van der Waals surface area contributed by atoms with Crippen LogP contribution in [-0.4, -0.2) is 20.9 Å². The fraction of sp³-hybridized carbons (Fsp3) is 0.381. The average molecular weight is 389 g/mol. The van der Waals surface area contributed by atoms with Crippen molar-refractivity contribution >= 4 is 21.6 Å². The molecule has 0 aliphatic carbocycles. The lowest BCUT2D eigenvalue weighted by Gasteiger charge is -2.15. The predicted molar refractivity (Wildman–Crippen MR) is 110 cm³/mol. The Balaban J connectivity index is 2.07. The molecule has 0 aromatic heterocycles. The predicted octanol–water partition coefficient (Wildman–Crippen LogP) is 3.85. The zero-order valence-electron chi connectivity index (χ0n) is 16.4. The number of benzene rings is 2. The van der Waals surface area contributed by atoms with Gasteiger partial charge in [0.1, 0.15) is 0 Å². The molecule has 0 radical (unpaired) electrons. The van der Waals surface area contributed by atoms with Gasteiger partial charge >= 0.3 is 0 Å². The van der Waals surface area contributed by atoms with E-state index in [1.165, 1.54) is 0 Å². The SMILES string of the molecule is CCc1cccc(CC)c1NC(=O)CNS(=O)(=O)c1ccc(C(C)C)cc1. The number of hydrogen-bond donors (Lipinski definition) is 2. The Morgan fingerprint density at radius 2 is 1.52 bits per heavy atom. The first-order valence-corrected chi connectivity index (χ1v) is 10.8. The second-order valence-electron chi connectivity index (χ2n) is 6.75. The lowest BCUT2D eigenvalue weighted by Crippen LogP contribution is -2.33. The maximum atomic E-state index is 12.4. The molecule has 0 fully saturated rings. The summed E-state index contributed by atoms with van der Waals surface area (Å²) in [6, 6.07) is 12.6. The minimum Gasteiger partial charge on any atom is -0.324 e. The zero-order chi connectivity index (χ0) is 20.0. The van der Waals surface area contributed by atoms with Crippen molar-refractivity contribution in [3.63, 3.8) is 0 Å². The van der Waals surface area contributed by atoms with Crippen LogP contribution in [0.4, 0.5) is 5.69 Å². The van der Waals surface area contributed by atoms with Crippen LogP contribution in [0.5, 0.6) is 0 Å². The number of sulfonamides is 1. The molecule has 27 heavy (non-hydrogen) atoms. The lowest BCUT2D eigenvalue weighted by molar-refractivity contribution is -0.115. The monoisotopic (exact) mass is 388 g/mol. The summed E-state index contributed by atoms with van der Waals surface area (Å²) in [6.07, 6.45) is 1.58. The first-order chi connectivity index (χ1) is 12.8. The van der Waals surface area contributed by atoms with Gasteiger partial charge in [0.15, 0.2) is 0 Å². The first kappa shape index (κ1) is 21.1. The summed E-state index contributed by atoms with van der Waals surface area (Å²) in [5.74, 6) is -0.0557. The smallest absolute Gasteiger partial charge is 0.241 e. The Hall–Kier alpha value is -2.18. The highest BCUT2D eigenvalue weighted by Gasteiger charge is 2.17. The molecule has 0 unspecified atom stereocenters. The molecule has 1 amide bonds. The second kappa shape index (κ2) is 9.15. The van der Waals surface area contributed by atoms with Crippen LogP contribution in [0.2, 0.25) is 0 Å². The van der Waals surface area contributed by atoms with E-state index < -0.39 is 10.0 Å². The van der Waals surface area contributed by atoms with Crippen molar-refractivity contribution in [2.75, 3.05) is 11.9 Å². The Morgan fingerprint density at radius 1 is 0.963 bits per heavy atom. The third-order valence-electron chi connectivity index (χ3n) is 4.54. The molecule has 2 aromatic carbocycles. The van der Waals surface area contributed by atoms with Gasteiger partial charge in [0.05, 0.1) is 11.4 Å². The third-order valence-corrected chi connectivity index (χ3v) is 5.96. The summed E-state index contributed by atoms with van der Waals surface area (Å²) in [6.45, 7) is 7.83. The van der Waals surface area contributed by atoms with E-state index in [1.807, 2.05) is 45.9 Å². The fourth-order valence-electron chi connectivity index (χ4n) is 2.86. The molecule has 5 nitrogen and oxygen atoms in total. The van der Waals surface area contributed by atoms with E-state index in [0.717, 1.165) is 35.2 Å². The van der Waals surface area contributed by atoms with Gasteiger partial charge < -0.3 is 5.32 Å². The van der Waals surface area contributed by atoms with Gasteiger partial charge in [0, 0.05) is 5.69 Å². The topological polar surface area (TPSA) is 75.3 Å². The quantitative estimate of drug-likeness (QED) is 0.721. The lowest BCUT2D eigenvalue weighted by atomic mass is 10.0. The zero-order valence-corrected chi connectivity index (χ0v) is 17.2. The second-order valence-corrected chi connectivity index (χ2v) is 8.52. The van der Waals surface area contributed by atoms with Gasteiger partial charge in [-0.1, -0.05) is 58.0 Å². The molecule has 2 rings (SSSR count). The van der Waals surface area contributed by atoms with E-state index in [-0.39, 0.29) is 17.3 Å². The number of anilines is 1. The molecule has 2 aromatic rings. The van der Waals surface area contributed by atoms with E-state index in [0.29, 0.717) is 5.92 Å². The number of carbonyl (C=O) groups excluding carboxylic acids is 1. The molecule has 0 saturated carbocycles. The van der Waals surface area contributed by atoms with Gasteiger partial charge in [-0.2, -0.15) is 0 Å².